The number of fused-ring (bicyclic) bond motifs is 1. The zero-order valence-electron chi connectivity index (χ0n) is 11.8. The van der Waals surface area contributed by atoms with Gasteiger partial charge in [0.05, 0.1) is 16.2 Å². The Labute approximate surface area is 131 Å². The van der Waals surface area contributed by atoms with Crippen LogP contribution in [0.2, 0.25) is 5.02 Å². The lowest BCUT2D eigenvalue weighted by Gasteiger charge is -2.14. The van der Waals surface area contributed by atoms with E-state index in [0.717, 1.165) is 6.42 Å². The maximum absolute atomic E-state index is 12.6. The van der Waals surface area contributed by atoms with Crippen LogP contribution in [0.1, 0.15) is 20.3 Å². The molecule has 2 rings (SSSR count). The molecule has 0 radical (unpaired) electrons. The fraction of sp³-hybridized carbons (Fsp3) is 0.357. The zero-order valence-corrected chi connectivity index (χ0v) is 13.4. The molecule has 2 aromatic rings. The van der Waals surface area contributed by atoms with Crippen molar-refractivity contribution in [2.75, 3.05) is 0 Å². The molecule has 1 amide bonds. The zero-order chi connectivity index (χ0) is 15.6. The molecule has 0 unspecified atom stereocenters. The van der Waals surface area contributed by atoms with Gasteiger partial charge in [-0.1, -0.05) is 30.3 Å². The van der Waals surface area contributed by atoms with Gasteiger partial charge in [-0.3, -0.25) is 14.2 Å². The molecular formula is C14H16ClN3O2S. The molecule has 0 aliphatic heterocycles. The number of carbonyl (C=O) groups excluding carboxylic acids is 1. The van der Waals surface area contributed by atoms with E-state index in [-0.39, 0.29) is 5.56 Å². The third kappa shape index (κ3) is 3.39. The number of nitrogens with zero attached hydrogens (tertiary/aromatic N) is 2. The molecule has 7 heteroatoms. The summed E-state index contributed by atoms with van der Waals surface area (Å²) in [7, 11) is 0. The first-order valence-corrected chi connectivity index (χ1v) is 7.86. The number of primary amides is 1. The van der Waals surface area contributed by atoms with E-state index >= 15 is 0 Å². The molecule has 1 aromatic heterocycles. The summed E-state index contributed by atoms with van der Waals surface area (Å²) < 4.78 is 1.58. The van der Waals surface area contributed by atoms with E-state index in [2.05, 4.69) is 4.98 Å². The molecule has 5 nitrogen and oxygen atoms in total. The number of hydrogen-bond acceptors (Lipinski definition) is 4. The number of hydrogen-bond donors (Lipinski definition) is 1. The van der Waals surface area contributed by atoms with Crippen molar-refractivity contribution in [3.8, 4) is 0 Å². The first kappa shape index (κ1) is 15.9. The van der Waals surface area contributed by atoms with Crippen LogP contribution in [-0.4, -0.2) is 20.7 Å². The second-order valence-corrected chi connectivity index (χ2v) is 6.42. The Kier molecular flexibility index (Phi) is 4.90. The van der Waals surface area contributed by atoms with Gasteiger partial charge in [0.1, 0.15) is 0 Å². The van der Waals surface area contributed by atoms with Crippen molar-refractivity contribution in [2.24, 2.45) is 5.73 Å². The Hall–Kier alpha value is -1.53. The molecule has 0 aliphatic rings. The molecule has 112 valence electrons. The van der Waals surface area contributed by atoms with Crippen molar-refractivity contribution < 1.29 is 4.79 Å². The van der Waals surface area contributed by atoms with Crippen LogP contribution in [0.25, 0.3) is 10.9 Å². The summed E-state index contributed by atoms with van der Waals surface area (Å²) in [6.07, 6.45) is 0.791. The van der Waals surface area contributed by atoms with Gasteiger partial charge in [-0.25, -0.2) is 4.98 Å². The van der Waals surface area contributed by atoms with Crippen molar-refractivity contribution in [3.63, 3.8) is 0 Å². The average Bonchev–Trinajstić information content (AvgIpc) is 2.42. The summed E-state index contributed by atoms with van der Waals surface area (Å²) in [6, 6.07) is 4.99. The summed E-state index contributed by atoms with van der Waals surface area (Å²) >= 11 is 7.14. The smallest absolute Gasteiger partial charge is 0.262 e. The molecule has 0 saturated heterocycles. The lowest BCUT2D eigenvalue weighted by molar-refractivity contribution is -0.117. The van der Waals surface area contributed by atoms with E-state index in [1.807, 2.05) is 6.92 Å². The lowest BCUT2D eigenvalue weighted by Crippen LogP contribution is -2.27. The molecule has 2 N–H and O–H groups in total. The molecular weight excluding hydrogens is 310 g/mol. The maximum Gasteiger partial charge on any atom is 0.262 e. The minimum Gasteiger partial charge on any atom is -0.369 e. The van der Waals surface area contributed by atoms with Gasteiger partial charge < -0.3 is 5.73 Å². The SMILES string of the molecule is CCCn1c(S[C@@H](C)C(N)=O)nc2cc(Cl)ccc2c1=O. The summed E-state index contributed by atoms with van der Waals surface area (Å²) in [6.45, 7) is 4.21. The second-order valence-electron chi connectivity index (χ2n) is 4.68. The minimum atomic E-state index is -0.461. The topological polar surface area (TPSA) is 78.0 Å². The number of benzene rings is 1. The highest BCUT2D eigenvalue weighted by Crippen LogP contribution is 2.23. The molecule has 0 bridgehead atoms. The van der Waals surface area contributed by atoms with Crippen LogP contribution in [-0.2, 0) is 11.3 Å². The third-order valence-electron chi connectivity index (χ3n) is 3.01. The van der Waals surface area contributed by atoms with E-state index in [1.54, 1.807) is 29.7 Å². The Morgan fingerprint density at radius 3 is 2.86 bits per heavy atom. The van der Waals surface area contributed by atoms with E-state index in [0.29, 0.717) is 27.6 Å². The van der Waals surface area contributed by atoms with Gasteiger partial charge >= 0.3 is 0 Å². The van der Waals surface area contributed by atoms with E-state index in [4.69, 9.17) is 17.3 Å². The Morgan fingerprint density at radius 1 is 1.52 bits per heavy atom. The molecule has 0 aliphatic carbocycles. The number of aromatic nitrogens is 2. The first-order valence-electron chi connectivity index (χ1n) is 6.60. The summed E-state index contributed by atoms with van der Waals surface area (Å²) in [5.74, 6) is -0.441. The highest BCUT2D eigenvalue weighted by Gasteiger charge is 2.17. The van der Waals surface area contributed by atoms with Gasteiger partial charge in [0.2, 0.25) is 5.91 Å². The molecule has 1 atom stereocenters. The van der Waals surface area contributed by atoms with Gasteiger partial charge in [-0.2, -0.15) is 0 Å². The van der Waals surface area contributed by atoms with Crippen LogP contribution < -0.4 is 11.3 Å². The van der Waals surface area contributed by atoms with Crippen LogP contribution >= 0.6 is 23.4 Å². The van der Waals surface area contributed by atoms with Crippen molar-refractivity contribution in [3.05, 3.63) is 33.6 Å². The Morgan fingerprint density at radius 2 is 2.24 bits per heavy atom. The molecule has 0 saturated carbocycles. The van der Waals surface area contributed by atoms with Gasteiger partial charge in [-0.05, 0) is 31.5 Å². The monoisotopic (exact) mass is 325 g/mol. The van der Waals surface area contributed by atoms with Crippen molar-refractivity contribution in [2.45, 2.75) is 37.2 Å². The van der Waals surface area contributed by atoms with Gasteiger partial charge in [0, 0.05) is 11.6 Å². The lowest BCUT2D eigenvalue weighted by atomic mass is 10.2. The highest BCUT2D eigenvalue weighted by atomic mass is 35.5. The second kappa shape index (κ2) is 6.49. The van der Waals surface area contributed by atoms with Crippen LogP contribution in [0.5, 0.6) is 0 Å². The number of halogens is 1. The molecule has 0 spiro atoms. The predicted octanol–water partition coefficient (Wildman–Crippen LogP) is 2.43. The fourth-order valence-corrected chi connectivity index (χ4v) is 2.95. The van der Waals surface area contributed by atoms with Gasteiger partial charge in [0.25, 0.3) is 5.56 Å². The van der Waals surface area contributed by atoms with Crippen molar-refractivity contribution in [1.29, 1.82) is 0 Å². The average molecular weight is 326 g/mol. The quantitative estimate of drug-likeness (QED) is 0.676. The van der Waals surface area contributed by atoms with Crippen LogP contribution in [0.3, 0.4) is 0 Å². The number of thioether (sulfide) groups is 1. The van der Waals surface area contributed by atoms with Crippen LogP contribution in [0.15, 0.2) is 28.2 Å². The maximum atomic E-state index is 12.6. The molecule has 0 fully saturated rings. The van der Waals surface area contributed by atoms with E-state index < -0.39 is 11.2 Å². The van der Waals surface area contributed by atoms with E-state index in [1.165, 1.54) is 11.8 Å². The molecule has 1 heterocycles. The Balaban J connectivity index is 2.63. The highest BCUT2D eigenvalue weighted by molar-refractivity contribution is 8.00. The summed E-state index contributed by atoms with van der Waals surface area (Å²) in [5, 5.41) is 1.06. The van der Waals surface area contributed by atoms with Gasteiger partial charge in [0.15, 0.2) is 5.16 Å². The standard InChI is InChI=1S/C14H16ClN3O2S/c1-3-6-18-13(20)10-5-4-9(15)7-11(10)17-14(18)21-8(2)12(16)19/h4-5,7-8H,3,6H2,1-2H3,(H2,16,19)/t8-/m0/s1. The fourth-order valence-electron chi connectivity index (χ4n) is 1.90. The number of amides is 1. The molecule has 21 heavy (non-hydrogen) atoms. The number of nitrogens with two attached hydrogens (primary N) is 1. The van der Waals surface area contributed by atoms with Crippen LogP contribution in [0, 0.1) is 0 Å². The largest absolute Gasteiger partial charge is 0.369 e. The summed E-state index contributed by atoms with van der Waals surface area (Å²) in [4.78, 5) is 28.3. The van der Waals surface area contributed by atoms with Crippen molar-refractivity contribution >= 4 is 40.2 Å². The summed E-state index contributed by atoms with van der Waals surface area (Å²) in [5.41, 5.74) is 5.69. The minimum absolute atomic E-state index is 0.127. The third-order valence-corrected chi connectivity index (χ3v) is 4.36. The van der Waals surface area contributed by atoms with Crippen LogP contribution in [0.4, 0.5) is 0 Å². The number of carbonyl (C=O) groups is 1. The number of rotatable bonds is 5. The normalized spacial score (nSPS) is 12.5. The Bertz CT molecular complexity index is 745. The van der Waals surface area contributed by atoms with Crippen molar-refractivity contribution in [1.82, 2.24) is 9.55 Å². The van der Waals surface area contributed by atoms with Gasteiger partial charge in [-0.15, -0.1) is 0 Å². The molecule has 1 aromatic carbocycles. The van der Waals surface area contributed by atoms with E-state index in [9.17, 15) is 9.59 Å². The first-order chi connectivity index (χ1) is 9.93. The predicted molar refractivity (Wildman–Crippen MR) is 85.8 cm³/mol.